The minimum Gasteiger partial charge on any atom is -0.454 e. The molecule has 3 rings (SSSR count). The molecular weight excluding hydrogens is 304 g/mol. The molecule has 23 heavy (non-hydrogen) atoms. The lowest BCUT2D eigenvalue weighted by molar-refractivity contribution is -0.193. The molecule has 0 spiro atoms. The van der Waals surface area contributed by atoms with Crippen LogP contribution in [0.1, 0.15) is 18.4 Å². The number of aryl methyl sites for hydroxylation is 1. The molecule has 2 aliphatic heterocycles. The van der Waals surface area contributed by atoms with Gasteiger partial charge < -0.3 is 34.6 Å². The van der Waals surface area contributed by atoms with Gasteiger partial charge in [-0.05, 0) is 30.5 Å². The Balaban J connectivity index is 1.49. The van der Waals surface area contributed by atoms with E-state index in [9.17, 15) is 20.4 Å². The number of benzene rings is 1. The summed E-state index contributed by atoms with van der Waals surface area (Å²) in [5.41, 5.74) is 1.02. The van der Waals surface area contributed by atoms with Gasteiger partial charge in [-0.2, -0.15) is 0 Å². The molecule has 1 saturated heterocycles. The van der Waals surface area contributed by atoms with Crippen molar-refractivity contribution in [3.8, 4) is 11.5 Å². The van der Waals surface area contributed by atoms with Gasteiger partial charge in [0.2, 0.25) is 6.79 Å². The highest BCUT2D eigenvalue weighted by Gasteiger charge is 2.38. The van der Waals surface area contributed by atoms with Gasteiger partial charge in [0.15, 0.2) is 11.5 Å². The molecule has 0 amide bonds. The van der Waals surface area contributed by atoms with Crippen molar-refractivity contribution >= 4 is 0 Å². The fourth-order valence-corrected chi connectivity index (χ4v) is 2.89. The van der Waals surface area contributed by atoms with Gasteiger partial charge in [0, 0.05) is 6.42 Å². The predicted molar refractivity (Wildman–Crippen MR) is 79.3 cm³/mol. The van der Waals surface area contributed by atoms with E-state index in [2.05, 4.69) is 0 Å². The van der Waals surface area contributed by atoms with Crippen LogP contribution in [-0.4, -0.2) is 64.3 Å². The maximum absolute atomic E-state index is 10.1. The second-order valence-electron chi connectivity index (χ2n) is 6.04. The van der Waals surface area contributed by atoms with Crippen LogP contribution in [0.25, 0.3) is 0 Å². The summed E-state index contributed by atoms with van der Waals surface area (Å²) in [7, 11) is 0. The Labute approximate surface area is 134 Å². The monoisotopic (exact) mass is 326 g/mol. The molecule has 0 aliphatic carbocycles. The van der Waals surface area contributed by atoms with Gasteiger partial charge >= 0.3 is 0 Å². The van der Waals surface area contributed by atoms with Crippen LogP contribution in [0.15, 0.2) is 18.2 Å². The zero-order valence-corrected chi connectivity index (χ0v) is 12.7. The van der Waals surface area contributed by atoms with Crippen LogP contribution in [-0.2, 0) is 11.2 Å². The molecule has 5 atom stereocenters. The van der Waals surface area contributed by atoms with Crippen molar-refractivity contribution in [2.75, 3.05) is 13.4 Å². The molecular formula is C16H22O7. The first kappa shape index (κ1) is 16.5. The van der Waals surface area contributed by atoms with E-state index in [-0.39, 0.29) is 19.8 Å². The number of fused-ring (bicyclic) bond motifs is 1. The van der Waals surface area contributed by atoms with E-state index in [0.717, 1.165) is 11.3 Å². The highest BCUT2D eigenvalue weighted by Crippen LogP contribution is 2.33. The molecule has 1 aromatic rings. The number of aliphatic hydroxyl groups excluding tert-OH is 4. The Morgan fingerprint density at radius 2 is 1.87 bits per heavy atom. The van der Waals surface area contributed by atoms with Gasteiger partial charge in [-0.3, -0.25) is 0 Å². The molecule has 1 aromatic carbocycles. The van der Waals surface area contributed by atoms with Gasteiger partial charge in [-0.1, -0.05) is 6.07 Å². The Bertz CT molecular complexity index is 535. The van der Waals surface area contributed by atoms with Crippen molar-refractivity contribution in [2.24, 2.45) is 0 Å². The summed E-state index contributed by atoms with van der Waals surface area (Å²) in [6.45, 7) is 0.185. The minimum absolute atomic E-state index is 0.0439. The van der Waals surface area contributed by atoms with Gasteiger partial charge in [-0.15, -0.1) is 0 Å². The summed E-state index contributed by atoms with van der Waals surface area (Å²) in [6, 6.07) is 5.66. The fourth-order valence-electron chi connectivity index (χ4n) is 2.89. The van der Waals surface area contributed by atoms with Crippen LogP contribution in [0.2, 0.25) is 0 Å². The number of ether oxygens (including phenoxy) is 3. The minimum atomic E-state index is -1.24. The van der Waals surface area contributed by atoms with Gasteiger partial charge in [0.1, 0.15) is 18.3 Å². The van der Waals surface area contributed by atoms with Crippen LogP contribution in [0.5, 0.6) is 11.5 Å². The summed E-state index contributed by atoms with van der Waals surface area (Å²) in [5, 5.41) is 39.1. The Kier molecular flexibility index (Phi) is 5.03. The number of rotatable bonds is 5. The van der Waals surface area contributed by atoms with E-state index >= 15 is 0 Å². The van der Waals surface area contributed by atoms with Crippen LogP contribution in [0.4, 0.5) is 0 Å². The molecule has 0 saturated carbocycles. The maximum Gasteiger partial charge on any atom is 0.231 e. The first-order valence-corrected chi connectivity index (χ1v) is 7.77. The van der Waals surface area contributed by atoms with Crippen molar-refractivity contribution < 1.29 is 34.6 Å². The van der Waals surface area contributed by atoms with E-state index in [1.54, 1.807) is 0 Å². The average molecular weight is 326 g/mol. The highest BCUT2D eigenvalue weighted by molar-refractivity contribution is 5.44. The van der Waals surface area contributed by atoms with E-state index in [1.165, 1.54) is 0 Å². The molecule has 2 aliphatic rings. The third-order valence-corrected chi connectivity index (χ3v) is 4.31. The van der Waals surface area contributed by atoms with Crippen molar-refractivity contribution in [3.05, 3.63) is 23.8 Å². The quantitative estimate of drug-likeness (QED) is 0.582. The molecule has 5 unspecified atom stereocenters. The Morgan fingerprint density at radius 3 is 2.70 bits per heavy atom. The number of hydrogen-bond donors (Lipinski definition) is 4. The second-order valence-corrected chi connectivity index (χ2v) is 6.04. The van der Waals surface area contributed by atoms with Gasteiger partial charge in [0.25, 0.3) is 0 Å². The average Bonchev–Trinajstić information content (AvgIpc) is 3.01. The lowest BCUT2D eigenvalue weighted by Crippen LogP contribution is -2.53. The van der Waals surface area contributed by atoms with Crippen LogP contribution in [0.3, 0.4) is 0 Å². The molecule has 2 heterocycles. The summed E-state index contributed by atoms with van der Waals surface area (Å²) in [6.07, 6.45) is -3.55. The maximum atomic E-state index is 10.1. The zero-order chi connectivity index (χ0) is 16.4. The van der Waals surface area contributed by atoms with Crippen molar-refractivity contribution in [1.82, 2.24) is 0 Å². The molecule has 7 nitrogen and oxygen atoms in total. The Hall–Kier alpha value is -1.38. The molecule has 0 radical (unpaired) electrons. The van der Waals surface area contributed by atoms with E-state index in [4.69, 9.17) is 14.2 Å². The Morgan fingerprint density at radius 1 is 1.09 bits per heavy atom. The lowest BCUT2D eigenvalue weighted by Gasteiger charge is -2.36. The molecule has 1 fully saturated rings. The smallest absolute Gasteiger partial charge is 0.231 e. The summed E-state index contributed by atoms with van der Waals surface area (Å²) in [5.74, 6) is 1.43. The summed E-state index contributed by atoms with van der Waals surface area (Å²) in [4.78, 5) is 0. The van der Waals surface area contributed by atoms with Crippen LogP contribution < -0.4 is 9.47 Å². The van der Waals surface area contributed by atoms with E-state index in [0.29, 0.717) is 18.6 Å². The number of aliphatic hydroxyl groups is 4. The highest BCUT2D eigenvalue weighted by atomic mass is 16.7. The van der Waals surface area contributed by atoms with Crippen molar-refractivity contribution in [3.63, 3.8) is 0 Å². The summed E-state index contributed by atoms with van der Waals surface area (Å²) >= 11 is 0. The lowest BCUT2D eigenvalue weighted by atomic mass is 9.94. The first-order valence-electron chi connectivity index (χ1n) is 7.77. The fraction of sp³-hybridized carbons (Fsp3) is 0.625. The number of hydrogen-bond acceptors (Lipinski definition) is 7. The zero-order valence-electron chi connectivity index (χ0n) is 12.7. The normalized spacial score (nSPS) is 31.1. The second kappa shape index (κ2) is 7.02. The van der Waals surface area contributed by atoms with E-state index < -0.39 is 30.5 Å². The van der Waals surface area contributed by atoms with Gasteiger partial charge in [-0.25, -0.2) is 0 Å². The standard InChI is InChI=1S/C16H22O7/c17-10(6-14-16(20)15(19)11(18)7-21-14)3-1-9-2-4-12-13(5-9)23-8-22-12/h2,4-5,10-11,14-20H,1,3,6-8H2. The first-order chi connectivity index (χ1) is 11.0. The van der Waals surface area contributed by atoms with Crippen LogP contribution in [0, 0.1) is 0 Å². The topological polar surface area (TPSA) is 109 Å². The SMILES string of the molecule is OC(CCc1ccc2c(c1)OCO2)CC1OCC(O)C(O)C1O. The van der Waals surface area contributed by atoms with Crippen molar-refractivity contribution in [2.45, 2.75) is 49.8 Å². The molecule has 7 heteroatoms. The largest absolute Gasteiger partial charge is 0.454 e. The summed E-state index contributed by atoms with van der Waals surface area (Å²) < 4.78 is 15.9. The molecule has 0 bridgehead atoms. The van der Waals surface area contributed by atoms with Crippen molar-refractivity contribution in [1.29, 1.82) is 0 Å². The molecule has 128 valence electrons. The van der Waals surface area contributed by atoms with Gasteiger partial charge in [0.05, 0.1) is 18.8 Å². The third kappa shape index (κ3) is 3.76. The van der Waals surface area contributed by atoms with E-state index in [1.807, 2.05) is 18.2 Å². The molecule has 4 N–H and O–H groups in total. The third-order valence-electron chi connectivity index (χ3n) is 4.31. The molecule has 0 aromatic heterocycles. The predicted octanol–water partition coefficient (Wildman–Crippen LogP) is -0.420. The van der Waals surface area contributed by atoms with Crippen LogP contribution >= 0.6 is 0 Å².